The van der Waals surface area contributed by atoms with Crippen molar-refractivity contribution in [1.29, 1.82) is 0 Å². The Morgan fingerprint density at radius 2 is 2.21 bits per heavy atom. The van der Waals surface area contributed by atoms with E-state index in [0.717, 1.165) is 12.1 Å². The summed E-state index contributed by atoms with van der Waals surface area (Å²) in [5.41, 5.74) is 0.756. The van der Waals surface area contributed by atoms with Crippen LogP contribution in [0.3, 0.4) is 0 Å². The SMILES string of the molecule is CN1CC(=O)N(c2ccsc2)C[C@@]12CCN(C(=O)c1ccco1)C2. The molecule has 7 heteroatoms. The van der Waals surface area contributed by atoms with E-state index in [1.807, 2.05) is 33.7 Å². The van der Waals surface area contributed by atoms with E-state index >= 15 is 0 Å². The van der Waals surface area contributed by atoms with Gasteiger partial charge in [-0.05, 0) is 37.0 Å². The Hall–Kier alpha value is -2.12. The molecule has 2 aliphatic rings. The van der Waals surface area contributed by atoms with Gasteiger partial charge in [0.2, 0.25) is 5.91 Å². The van der Waals surface area contributed by atoms with Crippen molar-refractivity contribution >= 4 is 28.8 Å². The van der Waals surface area contributed by atoms with Crippen LogP contribution in [0.1, 0.15) is 17.0 Å². The van der Waals surface area contributed by atoms with Gasteiger partial charge < -0.3 is 14.2 Å². The Kier molecular flexibility index (Phi) is 3.69. The van der Waals surface area contributed by atoms with Crippen LogP contribution in [0, 0.1) is 0 Å². The Balaban J connectivity index is 1.56. The number of rotatable bonds is 2. The van der Waals surface area contributed by atoms with Gasteiger partial charge in [0.05, 0.1) is 24.0 Å². The molecule has 4 heterocycles. The van der Waals surface area contributed by atoms with Crippen molar-refractivity contribution in [3.8, 4) is 0 Å². The number of anilines is 1. The zero-order valence-electron chi connectivity index (χ0n) is 13.5. The highest BCUT2D eigenvalue weighted by atomic mass is 32.1. The second-order valence-electron chi connectivity index (χ2n) is 6.50. The van der Waals surface area contributed by atoms with Gasteiger partial charge in [-0.1, -0.05) is 0 Å². The number of piperazine rings is 1. The molecule has 6 nitrogen and oxygen atoms in total. The maximum absolute atomic E-state index is 12.6. The highest BCUT2D eigenvalue weighted by Crippen LogP contribution is 2.34. The van der Waals surface area contributed by atoms with Gasteiger partial charge in [0.25, 0.3) is 5.91 Å². The Morgan fingerprint density at radius 3 is 2.92 bits per heavy atom. The summed E-state index contributed by atoms with van der Waals surface area (Å²) in [6.07, 6.45) is 2.37. The maximum Gasteiger partial charge on any atom is 0.289 e. The molecule has 2 aromatic rings. The van der Waals surface area contributed by atoms with E-state index in [1.54, 1.807) is 23.5 Å². The molecule has 2 amide bonds. The van der Waals surface area contributed by atoms with Crippen molar-refractivity contribution in [3.05, 3.63) is 41.0 Å². The second-order valence-corrected chi connectivity index (χ2v) is 7.28. The van der Waals surface area contributed by atoms with Gasteiger partial charge in [0.1, 0.15) is 0 Å². The average molecular weight is 345 g/mol. The van der Waals surface area contributed by atoms with E-state index in [-0.39, 0.29) is 17.4 Å². The molecule has 1 atom stereocenters. The van der Waals surface area contributed by atoms with E-state index in [0.29, 0.717) is 31.9 Å². The first kappa shape index (κ1) is 15.4. The molecular weight excluding hydrogens is 326 g/mol. The van der Waals surface area contributed by atoms with Gasteiger partial charge in [-0.2, -0.15) is 11.3 Å². The van der Waals surface area contributed by atoms with E-state index in [1.165, 1.54) is 6.26 Å². The van der Waals surface area contributed by atoms with Crippen molar-refractivity contribution < 1.29 is 14.0 Å². The molecular formula is C17H19N3O3S. The van der Waals surface area contributed by atoms with Crippen LogP contribution < -0.4 is 4.90 Å². The van der Waals surface area contributed by atoms with E-state index < -0.39 is 0 Å². The van der Waals surface area contributed by atoms with Gasteiger partial charge in [0, 0.05) is 25.0 Å². The fourth-order valence-corrected chi connectivity index (χ4v) is 4.27. The summed E-state index contributed by atoms with van der Waals surface area (Å²) in [5, 5.41) is 3.98. The van der Waals surface area contributed by atoms with Gasteiger partial charge in [0.15, 0.2) is 5.76 Å². The predicted molar refractivity (Wildman–Crippen MR) is 91.3 cm³/mol. The zero-order valence-corrected chi connectivity index (χ0v) is 14.3. The lowest BCUT2D eigenvalue weighted by Gasteiger charge is -2.46. The normalized spacial score (nSPS) is 25.0. The Labute approximate surface area is 144 Å². The molecule has 0 saturated carbocycles. The third-order valence-corrected chi connectivity index (χ3v) is 5.78. The molecule has 2 saturated heterocycles. The first-order valence-electron chi connectivity index (χ1n) is 7.96. The Morgan fingerprint density at radius 1 is 1.33 bits per heavy atom. The van der Waals surface area contributed by atoms with Crippen LogP contribution >= 0.6 is 11.3 Å². The van der Waals surface area contributed by atoms with Crippen LogP contribution in [0.15, 0.2) is 39.6 Å². The van der Waals surface area contributed by atoms with Crippen LogP contribution in [0.4, 0.5) is 5.69 Å². The topological polar surface area (TPSA) is 57.0 Å². The van der Waals surface area contributed by atoms with Crippen LogP contribution in [0.25, 0.3) is 0 Å². The molecule has 2 fully saturated rings. The molecule has 0 bridgehead atoms. The summed E-state index contributed by atoms with van der Waals surface area (Å²) in [6.45, 7) is 2.27. The van der Waals surface area contributed by atoms with E-state index in [4.69, 9.17) is 4.42 Å². The summed E-state index contributed by atoms with van der Waals surface area (Å²) < 4.78 is 5.24. The zero-order chi connectivity index (χ0) is 16.7. The molecule has 0 N–H and O–H groups in total. The largest absolute Gasteiger partial charge is 0.459 e. The summed E-state index contributed by atoms with van der Waals surface area (Å²) in [5.74, 6) is 0.401. The highest BCUT2D eigenvalue weighted by Gasteiger charge is 2.49. The van der Waals surface area contributed by atoms with Crippen molar-refractivity contribution in [1.82, 2.24) is 9.80 Å². The standard InChI is InChI=1S/C17H19N3O3S/c1-18-9-15(21)20(13-4-8-24-10-13)12-17(18)5-6-19(11-17)16(22)14-3-2-7-23-14/h2-4,7-8,10H,5-6,9,11-12H2,1H3/t17-/m0/s1. The quantitative estimate of drug-likeness (QED) is 0.834. The summed E-state index contributed by atoms with van der Waals surface area (Å²) in [4.78, 5) is 30.8. The van der Waals surface area contributed by atoms with Crippen LogP contribution in [-0.4, -0.2) is 60.4 Å². The molecule has 1 spiro atoms. The second kappa shape index (κ2) is 5.75. The number of carbonyl (C=O) groups excluding carboxylic acids is 2. The third-order valence-electron chi connectivity index (χ3n) is 5.10. The molecule has 4 rings (SSSR count). The molecule has 0 radical (unpaired) electrons. The van der Waals surface area contributed by atoms with Gasteiger partial charge >= 0.3 is 0 Å². The van der Waals surface area contributed by atoms with Crippen LogP contribution in [-0.2, 0) is 4.79 Å². The summed E-state index contributed by atoms with van der Waals surface area (Å²) >= 11 is 1.59. The number of amides is 2. The average Bonchev–Trinajstić information content (AvgIpc) is 3.32. The smallest absolute Gasteiger partial charge is 0.289 e. The summed E-state index contributed by atoms with van der Waals surface area (Å²) in [6, 6.07) is 5.39. The van der Waals surface area contributed by atoms with Crippen molar-refractivity contribution in [2.45, 2.75) is 12.0 Å². The predicted octanol–water partition coefficient (Wildman–Crippen LogP) is 1.90. The minimum atomic E-state index is -0.196. The monoisotopic (exact) mass is 345 g/mol. The number of thiophene rings is 1. The number of carbonyl (C=O) groups is 2. The van der Waals surface area contributed by atoms with Gasteiger partial charge in [-0.3, -0.25) is 14.5 Å². The minimum Gasteiger partial charge on any atom is -0.459 e. The minimum absolute atomic E-state index is 0.0794. The molecule has 0 aliphatic carbocycles. The van der Waals surface area contributed by atoms with Crippen molar-refractivity contribution in [3.63, 3.8) is 0 Å². The van der Waals surface area contributed by atoms with Crippen LogP contribution in [0.5, 0.6) is 0 Å². The lowest BCUT2D eigenvalue weighted by atomic mass is 9.93. The number of likely N-dealkylation sites (tertiary alicyclic amines) is 1. The number of hydrogen-bond donors (Lipinski definition) is 0. The number of nitrogens with zero attached hydrogens (tertiary/aromatic N) is 3. The van der Waals surface area contributed by atoms with Crippen molar-refractivity contribution in [2.75, 3.05) is 38.1 Å². The number of likely N-dealkylation sites (N-methyl/N-ethyl adjacent to an activating group) is 1. The molecule has 2 aromatic heterocycles. The van der Waals surface area contributed by atoms with Gasteiger partial charge in [-0.15, -0.1) is 0 Å². The lowest BCUT2D eigenvalue weighted by molar-refractivity contribution is -0.123. The van der Waals surface area contributed by atoms with E-state index in [2.05, 4.69) is 4.90 Å². The summed E-state index contributed by atoms with van der Waals surface area (Å²) in [7, 11) is 1.98. The molecule has 24 heavy (non-hydrogen) atoms. The van der Waals surface area contributed by atoms with Crippen molar-refractivity contribution in [2.24, 2.45) is 0 Å². The molecule has 126 valence electrons. The molecule has 0 unspecified atom stereocenters. The van der Waals surface area contributed by atoms with E-state index in [9.17, 15) is 9.59 Å². The fourth-order valence-electron chi connectivity index (χ4n) is 3.63. The lowest BCUT2D eigenvalue weighted by Crippen LogP contribution is -2.64. The molecule has 2 aliphatic heterocycles. The van der Waals surface area contributed by atoms with Gasteiger partial charge in [-0.25, -0.2) is 0 Å². The molecule has 0 aromatic carbocycles. The first-order chi connectivity index (χ1) is 11.6. The maximum atomic E-state index is 12.6. The Bertz CT molecular complexity index is 743. The highest BCUT2D eigenvalue weighted by molar-refractivity contribution is 7.08. The first-order valence-corrected chi connectivity index (χ1v) is 8.90. The third kappa shape index (κ3) is 2.44. The van der Waals surface area contributed by atoms with Crippen LogP contribution in [0.2, 0.25) is 0 Å². The number of hydrogen-bond acceptors (Lipinski definition) is 5. The number of furan rings is 1. The fraction of sp³-hybridized carbons (Fsp3) is 0.412.